The predicted octanol–water partition coefficient (Wildman–Crippen LogP) is 6.05. The number of fused-ring (bicyclic) bond motifs is 1. The summed E-state index contributed by atoms with van der Waals surface area (Å²) in [7, 11) is 0. The number of halogens is 2. The summed E-state index contributed by atoms with van der Waals surface area (Å²) in [6.07, 6.45) is 5.31. The zero-order valence-corrected chi connectivity index (χ0v) is 20.3. The van der Waals surface area contributed by atoms with Gasteiger partial charge in [-0.15, -0.1) is 11.3 Å². The fraction of sp³-hybridized carbons (Fsp3) is 0.556. The van der Waals surface area contributed by atoms with Gasteiger partial charge >= 0.3 is 0 Å². The molecular formula is C27H32F2N2O2S. The number of Topliss-reactive ketones (excluding diaryl/α,β-unsaturated/α-hetero) is 1. The second kappa shape index (κ2) is 9.50. The van der Waals surface area contributed by atoms with E-state index in [4.69, 9.17) is 0 Å². The standard InChI is InChI=1S/C27H32F2N2O2S/c1-27(28,29)18-4-2-5-19(14-18)30-25(33)12-11-23(32)26-21-15-31(16-22(21)26)20-9-7-17(8-10-20)24-6-3-13-34-24/h2-6,13-14,17,20-22,26H,7-12,15-16H2,1H3,(H,30,33)/t17?,20?,21-,22+,26?. The van der Waals surface area contributed by atoms with Crippen molar-refractivity contribution in [3.63, 3.8) is 0 Å². The quantitative estimate of drug-likeness (QED) is 0.494. The largest absolute Gasteiger partial charge is 0.326 e. The molecule has 34 heavy (non-hydrogen) atoms. The first kappa shape index (κ1) is 23.6. The molecule has 4 nitrogen and oxygen atoms in total. The third-order valence-electron chi connectivity index (χ3n) is 8.00. The van der Waals surface area contributed by atoms with Gasteiger partial charge in [-0.2, -0.15) is 0 Å². The number of hydrogen-bond donors (Lipinski definition) is 1. The fourth-order valence-corrected chi connectivity index (χ4v) is 6.98. The number of carbonyl (C=O) groups excluding carboxylic acids is 2. The van der Waals surface area contributed by atoms with E-state index in [9.17, 15) is 18.4 Å². The summed E-state index contributed by atoms with van der Waals surface area (Å²) < 4.78 is 27.0. The van der Waals surface area contributed by atoms with Gasteiger partial charge in [-0.1, -0.05) is 18.2 Å². The molecule has 2 heterocycles. The van der Waals surface area contributed by atoms with Crippen LogP contribution in [-0.4, -0.2) is 35.7 Å². The van der Waals surface area contributed by atoms with Crippen molar-refractivity contribution in [2.45, 2.75) is 63.3 Å². The summed E-state index contributed by atoms with van der Waals surface area (Å²) >= 11 is 1.87. The summed E-state index contributed by atoms with van der Waals surface area (Å²) in [6.45, 7) is 2.86. The van der Waals surface area contributed by atoms with Crippen molar-refractivity contribution in [2.24, 2.45) is 17.8 Å². The monoisotopic (exact) mass is 486 g/mol. The maximum absolute atomic E-state index is 13.5. The average Bonchev–Trinajstić information content (AvgIpc) is 3.17. The highest BCUT2D eigenvalue weighted by Gasteiger charge is 2.59. The van der Waals surface area contributed by atoms with E-state index in [1.54, 1.807) is 6.07 Å². The molecule has 0 spiro atoms. The Balaban J connectivity index is 1.03. The first-order valence-electron chi connectivity index (χ1n) is 12.4. The Kier molecular flexibility index (Phi) is 6.60. The number of anilines is 1. The predicted molar refractivity (Wildman–Crippen MR) is 130 cm³/mol. The van der Waals surface area contributed by atoms with E-state index in [2.05, 4.69) is 27.7 Å². The molecule has 0 bridgehead atoms. The molecule has 3 fully saturated rings. The van der Waals surface area contributed by atoms with Crippen LogP contribution in [0.25, 0.3) is 0 Å². The minimum Gasteiger partial charge on any atom is -0.326 e. The number of nitrogens with zero attached hydrogens (tertiary/aromatic N) is 1. The molecule has 3 atom stereocenters. The van der Waals surface area contributed by atoms with Crippen LogP contribution >= 0.6 is 11.3 Å². The highest BCUT2D eigenvalue weighted by atomic mass is 32.1. The summed E-state index contributed by atoms with van der Waals surface area (Å²) in [4.78, 5) is 29.1. The number of thiophene rings is 1. The first-order valence-corrected chi connectivity index (χ1v) is 13.3. The lowest BCUT2D eigenvalue weighted by molar-refractivity contribution is -0.124. The number of amides is 1. The van der Waals surface area contributed by atoms with Gasteiger partial charge in [0.05, 0.1) is 0 Å². The zero-order valence-electron chi connectivity index (χ0n) is 19.5. The maximum Gasteiger partial charge on any atom is 0.270 e. The Morgan fingerprint density at radius 3 is 2.44 bits per heavy atom. The lowest BCUT2D eigenvalue weighted by atomic mass is 9.84. The molecule has 2 aliphatic carbocycles. The van der Waals surface area contributed by atoms with E-state index < -0.39 is 5.92 Å². The molecule has 1 aliphatic heterocycles. The van der Waals surface area contributed by atoms with Crippen LogP contribution in [-0.2, 0) is 15.5 Å². The van der Waals surface area contributed by atoms with Crippen molar-refractivity contribution in [3.05, 3.63) is 52.2 Å². The number of hydrogen-bond acceptors (Lipinski definition) is 4. The smallest absolute Gasteiger partial charge is 0.270 e. The molecule has 1 amide bonds. The van der Waals surface area contributed by atoms with Crippen LogP contribution in [0.3, 0.4) is 0 Å². The number of piperidine rings is 1. The van der Waals surface area contributed by atoms with E-state index in [0.29, 0.717) is 23.6 Å². The molecule has 1 aromatic carbocycles. The minimum absolute atomic E-state index is 0.0952. The van der Waals surface area contributed by atoms with Crippen molar-refractivity contribution in [3.8, 4) is 0 Å². The Hall–Kier alpha value is -2.12. The van der Waals surface area contributed by atoms with Crippen LogP contribution in [0.4, 0.5) is 14.5 Å². The van der Waals surface area contributed by atoms with Gasteiger partial charge < -0.3 is 5.32 Å². The van der Waals surface area contributed by atoms with Crippen LogP contribution in [0.1, 0.15) is 61.8 Å². The second-order valence-electron chi connectivity index (χ2n) is 10.3. The van der Waals surface area contributed by atoms with E-state index in [1.807, 2.05) is 11.3 Å². The fourth-order valence-electron chi connectivity index (χ4n) is 6.08. The molecule has 7 heteroatoms. The van der Waals surface area contributed by atoms with Crippen molar-refractivity contribution < 1.29 is 18.4 Å². The molecule has 1 aromatic heterocycles. The van der Waals surface area contributed by atoms with Gasteiger partial charge in [0.2, 0.25) is 5.91 Å². The van der Waals surface area contributed by atoms with Gasteiger partial charge in [0.15, 0.2) is 0 Å². The topological polar surface area (TPSA) is 49.4 Å². The Morgan fingerprint density at radius 1 is 1.06 bits per heavy atom. The third kappa shape index (κ3) is 5.10. The molecular weight excluding hydrogens is 454 g/mol. The lowest BCUT2D eigenvalue weighted by Gasteiger charge is -2.35. The number of benzene rings is 1. The van der Waals surface area contributed by atoms with E-state index in [0.717, 1.165) is 25.9 Å². The van der Waals surface area contributed by atoms with Crippen LogP contribution < -0.4 is 5.32 Å². The number of rotatable bonds is 8. The Morgan fingerprint density at radius 2 is 1.79 bits per heavy atom. The number of likely N-dealkylation sites (tertiary alicyclic amines) is 1. The highest BCUT2D eigenvalue weighted by Crippen LogP contribution is 2.54. The van der Waals surface area contributed by atoms with Crippen LogP contribution in [0.2, 0.25) is 0 Å². The molecule has 1 saturated heterocycles. The Labute approximate surface area is 203 Å². The summed E-state index contributed by atoms with van der Waals surface area (Å²) in [5.74, 6) is -1.36. The average molecular weight is 487 g/mol. The molecule has 1 unspecified atom stereocenters. The molecule has 5 rings (SSSR count). The van der Waals surface area contributed by atoms with Gasteiger partial charge in [-0.3, -0.25) is 14.5 Å². The zero-order chi connectivity index (χ0) is 23.9. The summed E-state index contributed by atoms with van der Waals surface area (Å²) in [6, 6.07) is 10.8. The Bertz CT molecular complexity index is 1020. The maximum atomic E-state index is 13.5. The van der Waals surface area contributed by atoms with Gasteiger partial charge in [-0.25, -0.2) is 8.78 Å². The molecule has 182 valence electrons. The van der Waals surface area contributed by atoms with Gasteiger partial charge in [0, 0.05) is 60.9 Å². The number of alkyl halides is 2. The number of carbonyl (C=O) groups is 2. The molecule has 3 aliphatic rings. The van der Waals surface area contributed by atoms with E-state index >= 15 is 0 Å². The molecule has 2 aromatic rings. The summed E-state index contributed by atoms with van der Waals surface area (Å²) in [5.41, 5.74) is 0.195. The summed E-state index contributed by atoms with van der Waals surface area (Å²) in [5, 5.41) is 4.82. The normalized spacial score (nSPS) is 29.0. The first-order chi connectivity index (χ1) is 16.3. The van der Waals surface area contributed by atoms with Crippen molar-refractivity contribution >= 4 is 28.7 Å². The van der Waals surface area contributed by atoms with Crippen LogP contribution in [0.5, 0.6) is 0 Å². The van der Waals surface area contributed by atoms with Crippen molar-refractivity contribution in [2.75, 3.05) is 18.4 Å². The molecule has 2 saturated carbocycles. The second-order valence-corrected chi connectivity index (χ2v) is 11.3. The van der Waals surface area contributed by atoms with Gasteiger partial charge in [0.25, 0.3) is 5.92 Å². The molecule has 0 radical (unpaired) electrons. The minimum atomic E-state index is -2.96. The number of nitrogens with one attached hydrogen (secondary N) is 1. The van der Waals surface area contributed by atoms with Crippen molar-refractivity contribution in [1.29, 1.82) is 0 Å². The third-order valence-corrected chi connectivity index (χ3v) is 9.04. The lowest BCUT2D eigenvalue weighted by Crippen LogP contribution is -2.38. The molecule has 1 N–H and O–H groups in total. The van der Waals surface area contributed by atoms with Gasteiger partial charge in [0.1, 0.15) is 5.78 Å². The van der Waals surface area contributed by atoms with Crippen LogP contribution in [0, 0.1) is 17.8 Å². The SMILES string of the molecule is CC(F)(F)c1cccc(NC(=O)CCC(=O)C2[C@H]3CN(C4CCC(c5cccs5)CC4)C[C@@H]23)c1. The van der Waals surface area contributed by atoms with Crippen LogP contribution in [0.15, 0.2) is 41.8 Å². The van der Waals surface area contributed by atoms with Crippen molar-refractivity contribution in [1.82, 2.24) is 4.90 Å². The van der Waals surface area contributed by atoms with E-state index in [-0.39, 0.29) is 36.0 Å². The number of ketones is 1. The highest BCUT2D eigenvalue weighted by molar-refractivity contribution is 7.10. The van der Waals surface area contributed by atoms with Gasteiger partial charge in [-0.05, 0) is 67.0 Å². The van der Waals surface area contributed by atoms with E-state index in [1.165, 1.54) is 48.8 Å².